The first-order valence-corrected chi connectivity index (χ1v) is 7.43. The minimum atomic E-state index is -0.917. The van der Waals surface area contributed by atoms with Gasteiger partial charge in [-0.25, -0.2) is 9.18 Å². The van der Waals surface area contributed by atoms with Gasteiger partial charge in [0.2, 0.25) is 0 Å². The summed E-state index contributed by atoms with van der Waals surface area (Å²) in [5.74, 6) is -1.18. The van der Waals surface area contributed by atoms with Crippen LogP contribution in [-0.2, 0) is 16.1 Å². The summed E-state index contributed by atoms with van der Waals surface area (Å²) >= 11 is 0. The maximum atomic E-state index is 13.8. The molecule has 2 rings (SSSR count). The van der Waals surface area contributed by atoms with Crippen LogP contribution in [0.3, 0.4) is 0 Å². The molecule has 25 heavy (non-hydrogen) atoms. The summed E-state index contributed by atoms with van der Waals surface area (Å²) in [4.78, 5) is 23.6. The van der Waals surface area contributed by atoms with Crippen LogP contribution < -0.4 is 14.8 Å². The highest BCUT2D eigenvalue weighted by Gasteiger charge is 2.15. The number of amides is 1. The van der Waals surface area contributed by atoms with E-state index in [1.807, 2.05) is 0 Å². The highest BCUT2D eigenvalue weighted by Crippen LogP contribution is 2.17. The minimum absolute atomic E-state index is 0.260. The van der Waals surface area contributed by atoms with Crippen molar-refractivity contribution in [2.24, 2.45) is 0 Å². The van der Waals surface area contributed by atoms with Gasteiger partial charge in [-0.1, -0.05) is 12.1 Å². The number of hydrogen-bond donors (Lipinski definition) is 1. The quantitative estimate of drug-likeness (QED) is 0.778. The largest absolute Gasteiger partial charge is 0.497 e. The van der Waals surface area contributed by atoms with Crippen molar-refractivity contribution >= 4 is 11.9 Å². The maximum Gasteiger partial charge on any atom is 0.341 e. The van der Waals surface area contributed by atoms with Crippen LogP contribution in [0.4, 0.5) is 4.39 Å². The molecular formula is C18H18FNO5. The van der Waals surface area contributed by atoms with Crippen molar-refractivity contribution < 1.29 is 28.2 Å². The van der Waals surface area contributed by atoms with E-state index in [1.165, 1.54) is 19.2 Å². The SMILES string of the molecule is COc1ccc(CNC(=O)COC(=O)c2ccc(OC)cc2F)cc1. The molecule has 2 aromatic rings. The molecule has 0 aliphatic heterocycles. The Balaban J connectivity index is 1.81. The van der Waals surface area contributed by atoms with Gasteiger partial charge in [0.25, 0.3) is 5.91 Å². The summed E-state index contributed by atoms with van der Waals surface area (Å²) in [6, 6.07) is 10.9. The number of nitrogens with one attached hydrogen (secondary N) is 1. The lowest BCUT2D eigenvalue weighted by Crippen LogP contribution is -2.28. The van der Waals surface area contributed by atoms with Gasteiger partial charge in [-0.3, -0.25) is 4.79 Å². The average Bonchev–Trinajstić information content (AvgIpc) is 2.64. The minimum Gasteiger partial charge on any atom is -0.497 e. The van der Waals surface area contributed by atoms with Crippen molar-refractivity contribution in [3.05, 3.63) is 59.4 Å². The number of rotatable bonds is 7. The number of esters is 1. The van der Waals surface area contributed by atoms with E-state index in [0.717, 1.165) is 11.6 Å². The molecule has 1 N–H and O–H groups in total. The lowest BCUT2D eigenvalue weighted by Gasteiger charge is -2.08. The molecule has 0 fully saturated rings. The molecule has 0 bridgehead atoms. The van der Waals surface area contributed by atoms with E-state index in [-0.39, 0.29) is 17.9 Å². The molecule has 0 heterocycles. The van der Waals surface area contributed by atoms with Crippen molar-refractivity contribution in [1.82, 2.24) is 5.32 Å². The van der Waals surface area contributed by atoms with Crippen LogP contribution in [0.25, 0.3) is 0 Å². The lowest BCUT2D eigenvalue weighted by molar-refractivity contribution is -0.124. The molecule has 7 heteroatoms. The van der Waals surface area contributed by atoms with Gasteiger partial charge < -0.3 is 19.5 Å². The number of hydrogen-bond acceptors (Lipinski definition) is 5. The second-order valence-electron chi connectivity index (χ2n) is 5.05. The Morgan fingerprint density at radius 1 is 1.00 bits per heavy atom. The number of carbonyl (C=O) groups excluding carboxylic acids is 2. The number of halogens is 1. The van der Waals surface area contributed by atoms with Gasteiger partial charge in [-0.2, -0.15) is 0 Å². The smallest absolute Gasteiger partial charge is 0.341 e. The van der Waals surface area contributed by atoms with Crippen molar-refractivity contribution in [2.75, 3.05) is 20.8 Å². The van der Waals surface area contributed by atoms with E-state index in [4.69, 9.17) is 14.2 Å². The topological polar surface area (TPSA) is 73.9 Å². The molecule has 0 atom stereocenters. The van der Waals surface area contributed by atoms with E-state index in [9.17, 15) is 14.0 Å². The molecule has 0 spiro atoms. The van der Waals surface area contributed by atoms with Crippen LogP contribution in [0.1, 0.15) is 15.9 Å². The highest BCUT2D eigenvalue weighted by molar-refractivity contribution is 5.91. The molecule has 0 radical (unpaired) electrons. The average molecular weight is 347 g/mol. The van der Waals surface area contributed by atoms with E-state index in [2.05, 4.69) is 5.32 Å². The first-order chi connectivity index (χ1) is 12.0. The van der Waals surface area contributed by atoms with Crippen molar-refractivity contribution in [2.45, 2.75) is 6.54 Å². The Hall–Kier alpha value is -3.09. The van der Waals surface area contributed by atoms with Gasteiger partial charge in [0, 0.05) is 12.6 Å². The third-order valence-corrected chi connectivity index (χ3v) is 3.38. The molecule has 0 aliphatic rings. The van der Waals surface area contributed by atoms with Gasteiger partial charge in [0.1, 0.15) is 17.3 Å². The highest BCUT2D eigenvalue weighted by atomic mass is 19.1. The van der Waals surface area contributed by atoms with Crippen LogP contribution in [-0.4, -0.2) is 32.7 Å². The summed E-state index contributed by atoms with van der Waals surface area (Å²) in [6.07, 6.45) is 0. The fraction of sp³-hybridized carbons (Fsp3) is 0.222. The Morgan fingerprint density at radius 3 is 2.24 bits per heavy atom. The lowest BCUT2D eigenvalue weighted by atomic mass is 10.2. The third kappa shape index (κ3) is 5.20. The van der Waals surface area contributed by atoms with E-state index in [0.29, 0.717) is 5.75 Å². The molecule has 0 saturated carbocycles. The van der Waals surface area contributed by atoms with Crippen LogP contribution in [0, 0.1) is 5.82 Å². The number of carbonyl (C=O) groups is 2. The van der Waals surface area contributed by atoms with Gasteiger partial charge in [-0.05, 0) is 29.8 Å². The molecule has 1 amide bonds. The molecule has 0 saturated heterocycles. The van der Waals surface area contributed by atoms with E-state index < -0.39 is 24.3 Å². The van der Waals surface area contributed by atoms with Crippen LogP contribution in [0.15, 0.2) is 42.5 Å². The summed E-state index contributed by atoms with van der Waals surface area (Å²) in [7, 11) is 2.96. The van der Waals surface area contributed by atoms with Crippen molar-refractivity contribution in [1.29, 1.82) is 0 Å². The number of benzene rings is 2. The van der Waals surface area contributed by atoms with Crippen molar-refractivity contribution in [3.63, 3.8) is 0 Å². The van der Waals surface area contributed by atoms with Crippen LogP contribution in [0.5, 0.6) is 11.5 Å². The Kier molecular flexibility index (Phi) is 6.33. The van der Waals surface area contributed by atoms with E-state index in [1.54, 1.807) is 31.4 Å². The molecule has 132 valence electrons. The number of methoxy groups -OCH3 is 2. The molecule has 2 aromatic carbocycles. The zero-order valence-corrected chi connectivity index (χ0v) is 13.9. The fourth-order valence-corrected chi connectivity index (χ4v) is 1.99. The second kappa shape index (κ2) is 8.68. The number of ether oxygens (including phenoxy) is 3. The standard InChI is InChI=1S/C18H18FNO5/c1-23-13-5-3-12(4-6-13)10-20-17(21)11-25-18(22)15-8-7-14(24-2)9-16(15)19/h3-9H,10-11H2,1-2H3,(H,20,21). The molecular weight excluding hydrogens is 329 g/mol. The van der Waals surface area contributed by atoms with Gasteiger partial charge in [-0.15, -0.1) is 0 Å². The zero-order valence-electron chi connectivity index (χ0n) is 13.9. The van der Waals surface area contributed by atoms with Crippen LogP contribution >= 0.6 is 0 Å². The summed E-state index contributed by atoms with van der Waals surface area (Å²) in [6.45, 7) is -0.224. The maximum absolute atomic E-state index is 13.8. The van der Waals surface area contributed by atoms with Gasteiger partial charge >= 0.3 is 5.97 Å². The van der Waals surface area contributed by atoms with E-state index >= 15 is 0 Å². The van der Waals surface area contributed by atoms with Gasteiger partial charge in [0.15, 0.2) is 6.61 Å². The summed E-state index contributed by atoms with van der Waals surface area (Å²) in [5.41, 5.74) is 0.602. The first kappa shape index (κ1) is 18.3. The molecule has 0 unspecified atom stereocenters. The predicted octanol–water partition coefficient (Wildman–Crippen LogP) is 2.32. The monoisotopic (exact) mass is 347 g/mol. The third-order valence-electron chi connectivity index (χ3n) is 3.38. The summed E-state index contributed by atoms with van der Waals surface area (Å²) < 4.78 is 28.5. The van der Waals surface area contributed by atoms with Crippen LogP contribution in [0.2, 0.25) is 0 Å². The zero-order chi connectivity index (χ0) is 18.2. The Labute approximate surface area is 144 Å². The van der Waals surface area contributed by atoms with Gasteiger partial charge in [0.05, 0.1) is 19.8 Å². The summed E-state index contributed by atoms with van der Waals surface area (Å²) in [5, 5.41) is 2.61. The second-order valence-corrected chi connectivity index (χ2v) is 5.05. The van der Waals surface area contributed by atoms with Crippen molar-refractivity contribution in [3.8, 4) is 11.5 Å². The normalized spacial score (nSPS) is 10.0. The Bertz CT molecular complexity index is 746. The predicted molar refractivity (Wildman–Crippen MR) is 88.1 cm³/mol. The molecule has 0 aliphatic carbocycles. The fourth-order valence-electron chi connectivity index (χ4n) is 1.99. The molecule has 6 nitrogen and oxygen atoms in total. The Morgan fingerprint density at radius 2 is 1.64 bits per heavy atom. The first-order valence-electron chi connectivity index (χ1n) is 7.43. The molecule has 0 aromatic heterocycles.